The van der Waals surface area contributed by atoms with Crippen LogP contribution >= 0.6 is 24.0 Å². The van der Waals surface area contributed by atoms with Gasteiger partial charge in [0.25, 0.3) is 0 Å². The van der Waals surface area contributed by atoms with Gasteiger partial charge in [0.1, 0.15) is 0 Å². The average molecular weight is 412 g/mol. The molecule has 0 radical (unpaired) electrons. The maximum Gasteiger partial charge on any atom is 0.191 e. The Morgan fingerprint density at radius 3 is 2.59 bits per heavy atom. The van der Waals surface area contributed by atoms with Crippen molar-refractivity contribution in [1.29, 1.82) is 0 Å². The van der Waals surface area contributed by atoms with Crippen molar-refractivity contribution in [3.05, 3.63) is 59.4 Å². The Kier molecular flexibility index (Phi) is 8.01. The van der Waals surface area contributed by atoms with E-state index in [0.717, 1.165) is 19.0 Å². The summed E-state index contributed by atoms with van der Waals surface area (Å²) in [6.45, 7) is 6.53. The monoisotopic (exact) mass is 412 g/mol. The van der Waals surface area contributed by atoms with E-state index in [2.05, 4.69) is 66.0 Å². The largest absolute Gasteiger partial charge is 0.357 e. The number of benzene rings is 1. The molecule has 4 nitrogen and oxygen atoms in total. The molecule has 0 atom stereocenters. The number of halogens is 1. The van der Waals surface area contributed by atoms with Gasteiger partial charge in [0.15, 0.2) is 5.96 Å². The zero-order chi connectivity index (χ0) is 15.1. The summed E-state index contributed by atoms with van der Waals surface area (Å²) in [6, 6.07) is 10.5. The molecule has 0 spiro atoms. The fourth-order valence-corrected chi connectivity index (χ4v) is 2.15. The van der Waals surface area contributed by atoms with Crippen LogP contribution in [0.25, 0.3) is 0 Å². The van der Waals surface area contributed by atoms with Gasteiger partial charge in [-0.2, -0.15) is 0 Å². The van der Waals surface area contributed by atoms with Crippen LogP contribution in [0.4, 0.5) is 0 Å². The minimum Gasteiger partial charge on any atom is -0.357 e. The molecule has 0 aliphatic rings. The summed E-state index contributed by atoms with van der Waals surface area (Å²) in [7, 11) is 2.02. The smallest absolute Gasteiger partial charge is 0.191 e. The van der Waals surface area contributed by atoms with E-state index in [1.165, 1.54) is 16.7 Å². The molecular weight excluding hydrogens is 387 g/mol. The van der Waals surface area contributed by atoms with Crippen LogP contribution in [0.3, 0.4) is 0 Å². The van der Waals surface area contributed by atoms with E-state index in [1.807, 2.05) is 17.8 Å². The van der Waals surface area contributed by atoms with E-state index >= 15 is 0 Å². The number of aromatic nitrogens is 1. The summed E-state index contributed by atoms with van der Waals surface area (Å²) in [5.74, 6) is 0.851. The standard InChI is InChI=1S/C17H24N4.HI/c1-4-18-17(19-11-15-9-10-21(3)13-15)20-12-16-8-6-5-7-14(16)2;/h5-10,13H,4,11-12H2,1-3H3,(H2,18,19,20);1H. The topological polar surface area (TPSA) is 41.4 Å². The Balaban J connectivity index is 0.00000242. The van der Waals surface area contributed by atoms with Gasteiger partial charge in [-0.3, -0.25) is 0 Å². The molecule has 2 aromatic rings. The molecule has 0 bridgehead atoms. The SMILES string of the molecule is CCNC(=NCc1ccn(C)c1)NCc1ccccc1C.I. The highest BCUT2D eigenvalue weighted by molar-refractivity contribution is 14.0. The van der Waals surface area contributed by atoms with E-state index in [1.54, 1.807) is 0 Å². The Morgan fingerprint density at radius 2 is 1.95 bits per heavy atom. The fourth-order valence-electron chi connectivity index (χ4n) is 2.15. The van der Waals surface area contributed by atoms with E-state index in [0.29, 0.717) is 6.54 Å². The van der Waals surface area contributed by atoms with Crippen molar-refractivity contribution in [2.45, 2.75) is 26.9 Å². The third kappa shape index (κ3) is 5.71. The number of hydrogen-bond donors (Lipinski definition) is 2. The molecule has 1 aromatic carbocycles. The minimum atomic E-state index is 0. The van der Waals surface area contributed by atoms with Crippen molar-refractivity contribution in [2.75, 3.05) is 6.54 Å². The molecule has 5 heteroatoms. The van der Waals surface area contributed by atoms with Crippen molar-refractivity contribution in [3.63, 3.8) is 0 Å². The van der Waals surface area contributed by atoms with Crippen molar-refractivity contribution in [3.8, 4) is 0 Å². The molecule has 0 saturated carbocycles. The molecule has 22 heavy (non-hydrogen) atoms. The molecule has 0 unspecified atom stereocenters. The predicted molar refractivity (Wildman–Crippen MR) is 104 cm³/mol. The lowest BCUT2D eigenvalue weighted by atomic mass is 10.1. The first-order chi connectivity index (χ1) is 10.2. The molecule has 1 aromatic heterocycles. The van der Waals surface area contributed by atoms with Crippen molar-refractivity contribution in [2.24, 2.45) is 12.0 Å². The summed E-state index contributed by atoms with van der Waals surface area (Å²) in [5, 5.41) is 6.67. The van der Waals surface area contributed by atoms with Gasteiger partial charge in [-0.05, 0) is 36.6 Å². The summed E-state index contributed by atoms with van der Waals surface area (Å²) in [4.78, 5) is 4.62. The van der Waals surface area contributed by atoms with Crippen LogP contribution in [0.5, 0.6) is 0 Å². The highest BCUT2D eigenvalue weighted by Gasteiger charge is 2.01. The lowest BCUT2D eigenvalue weighted by molar-refractivity contribution is 0.812. The zero-order valence-electron chi connectivity index (χ0n) is 13.5. The van der Waals surface area contributed by atoms with Crippen molar-refractivity contribution >= 4 is 29.9 Å². The quantitative estimate of drug-likeness (QED) is 0.450. The minimum absolute atomic E-state index is 0. The van der Waals surface area contributed by atoms with Crippen LogP contribution in [-0.2, 0) is 20.1 Å². The first-order valence-corrected chi connectivity index (χ1v) is 7.36. The van der Waals surface area contributed by atoms with E-state index < -0.39 is 0 Å². The van der Waals surface area contributed by atoms with Crippen LogP contribution < -0.4 is 10.6 Å². The van der Waals surface area contributed by atoms with Gasteiger partial charge in [0, 0.05) is 32.5 Å². The van der Waals surface area contributed by atoms with Gasteiger partial charge in [0.05, 0.1) is 6.54 Å². The zero-order valence-corrected chi connectivity index (χ0v) is 15.8. The summed E-state index contributed by atoms with van der Waals surface area (Å²) >= 11 is 0. The normalized spacial score (nSPS) is 11.0. The van der Waals surface area contributed by atoms with Gasteiger partial charge in [0.2, 0.25) is 0 Å². The molecule has 0 aliphatic carbocycles. The third-order valence-electron chi connectivity index (χ3n) is 3.36. The molecule has 2 N–H and O–H groups in total. The average Bonchev–Trinajstić information content (AvgIpc) is 2.89. The molecule has 0 saturated heterocycles. The van der Waals surface area contributed by atoms with E-state index in [4.69, 9.17) is 0 Å². The first-order valence-electron chi connectivity index (χ1n) is 7.36. The van der Waals surface area contributed by atoms with Crippen LogP contribution in [0, 0.1) is 6.92 Å². The second-order valence-electron chi connectivity index (χ2n) is 5.16. The number of aryl methyl sites for hydroxylation is 2. The van der Waals surface area contributed by atoms with Gasteiger partial charge >= 0.3 is 0 Å². The highest BCUT2D eigenvalue weighted by Crippen LogP contribution is 2.06. The Labute approximate surface area is 150 Å². The lowest BCUT2D eigenvalue weighted by Gasteiger charge is -2.12. The van der Waals surface area contributed by atoms with Gasteiger partial charge < -0.3 is 15.2 Å². The summed E-state index contributed by atoms with van der Waals surface area (Å²) in [6.07, 6.45) is 4.13. The molecular formula is C17H25IN4. The Morgan fingerprint density at radius 1 is 1.18 bits per heavy atom. The maximum atomic E-state index is 4.62. The number of aliphatic imine (C=N–C) groups is 1. The number of nitrogens with zero attached hydrogens (tertiary/aromatic N) is 2. The molecule has 0 amide bonds. The molecule has 0 aliphatic heterocycles. The molecule has 120 valence electrons. The molecule has 1 heterocycles. The van der Waals surface area contributed by atoms with Crippen molar-refractivity contribution in [1.82, 2.24) is 15.2 Å². The van der Waals surface area contributed by atoms with Crippen LogP contribution in [0.15, 0.2) is 47.7 Å². The number of guanidine groups is 1. The first kappa shape index (κ1) is 18.5. The third-order valence-corrected chi connectivity index (χ3v) is 3.36. The second kappa shape index (κ2) is 9.50. The van der Waals surface area contributed by atoms with Gasteiger partial charge in [-0.1, -0.05) is 24.3 Å². The molecule has 0 fully saturated rings. The number of hydrogen-bond acceptors (Lipinski definition) is 1. The van der Waals surface area contributed by atoms with Crippen LogP contribution in [0.1, 0.15) is 23.6 Å². The predicted octanol–water partition coefficient (Wildman–Crippen LogP) is 3.21. The van der Waals surface area contributed by atoms with Gasteiger partial charge in [-0.15, -0.1) is 24.0 Å². The van der Waals surface area contributed by atoms with Gasteiger partial charge in [-0.25, -0.2) is 4.99 Å². The summed E-state index contributed by atoms with van der Waals surface area (Å²) in [5.41, 5.74) is 3.80. The molecule has 2 rings (SSSR count). The maximum absolute atomic E-state index is 4.62. The van der Waals surface area contributed by atoms with Crippen LogP contribution in [-0.4, -0.2) is 17.1 Å². The lowest BCUT2D eigenvalue weighted by Crippen LogP contribution is -2.36. The van der Waals surface area contributed by atoms with Crippen molar-refractivity contribution < 1.29 is 0 Å². The Bertz CT molecular complexity index is 604. The number of nitrogens with one attached hydrogen (secondary N) is 2. The fraction of sp³-hybridized carbons (Fsp3) is 0.353. The van der Waals surface area contributed by atoms with E-state index in [-0.39, 0.29) is 24.0 Å². The van der Waals surface area contributed by atoms with E-state index in [9.17, 15) is 0 Å². The second-order valence-corrected chi connectivity index (χ2v) is 5.16. The number of rotatable bonds is 5. The summed E-state index contributed by atoms with van der Waals surface area (Å²) < 4.78 is 2.04. The highest BCUT2D eigenvalue weighted by atomic mass is 127. The van der Waals surface area contributed by atoms with Crippen LogP contribution in [0.2, 0.25) is 0 Å². The Hall–Kier alpha value is -1.50.